The van der Waals surface area contributed by atoms with E-state index in [-0.39, 0.29) is 0 Å². The van der Waals surface area contributed by atoms with Crippen LogP contribution in [0.1, 0.15) is 45.0 Å². The Labute approximate surface area is 107 Å². The highest BCUT2D eigenvalue weighted by Crippen LogP contribution is 2.28. The van der Waals surface area contributed by atoms with E-state index in [1.165, 1.54) is 31.7 Å². The van der Waals surface area contributed by atoms with E-state index in [2.05, 4.69) is 16.8 Å². The number of rotatable bonds is 4. The Morgan fingerprint density at radius 3 is 2.83 bits per heavy atom. The summed E-state index contributed by atoms with van der Waals surface area (Å²) in [5.41, 5.74) is 0. The molecule has 0 unspecified atom stereocenters. The molecule has 1 fully saturated rings. The molecule has 18 heavy (non-hydrogen) atoms. The average Bonchev–Trinajstić information content (AvgIpc) is 2.77. The van der Waals surface area contributed by atoms with Gasteiger partial charge in [-0.3, -0.25) is 9.47 Å². The van der Waals surface area contributed by atoms with Crippen molar-refractivity contribution in [3.8, 4) is 0 Å². The number of halogens is 2. The molecule has 0 aromatic carbocycles. The minimum absolute atomic E-state index is 0.449. The fraction of sp³-hybridized carbons (Fsp3) is 0.769. The van der Waals surface area contributed by atoms with E-state index in [9.17, 15) is 8.78 Å². The summed E-state index contributed by atoms with van der Waals surface area (Å²) in [6, 6.07) is 0.488. The van der Waals surface area contributed by atoms with Gasteiger partial charge in [0.25, 0.3) is 0 Å². The van der Waals surface area contributed by atoms with E-state index < -0.39 is 6.55 Å². The van der Waals surface area contributed by atoms with Crippen LogP contribution < -0.4 is 0 Å². The molecule has 0 aliphatic heterocycles. The summed E-state index contributed by atoms with van der Waals surface area (Å²) in [4.78, 5) is 6.21. The van der Waals surface area contributed by atoms with Crippen molar-refractivity contribution in [1.29, 1.82) is 0 Å². The highest BCUT2D eigenvalue weighted by Gasteiger charge is 2.26. The molecule has 1 saturated carbocycles. The van der Waals surface area contributed by atoms with Gasteiger partial charge in [-0.2, -0.15) is 8.78 Å². The van der Waals surface area contributed by atoms with E-state index in [1.54, 1.807) is 0 Å². The van der Waals surface area contributed by atoms with Crippen molar-refractivity contribution in [3.05, 3.63) is 18.2 Å². The summed E-state index contributed by atoms with van der Waals surface area (Å²) in [5.74, 6) is 1.09. The van der Waals surface area contributed by atoms with Crippen molar-refractivity contribution in [2.45, 2.75) is 51.7 Å². The monoisotopic (exact) mass is 257 g/mol. The Balaban J connectivity index is 2.01. The maximum atomic E-state index is 12.7. The summed E-state index contributed by atoms with van der Waals surface area (Å²) >= 11 is 0. The molecule has 0 amide bonds. The molecular weight excluding hydrogens is 236 g/mol. The quantitative estimate of drug-likeness (QED) is 0.825. The molecular formula is C13H21F2N3. The number of imidazole rings is 1. The lowest BCUT2D eigenvalue weighted by atomic mass is 9.85. The van der Waals surface area contributed by atoms with E-state index in [4.69, 9.17) is 0 Å². The van der Waals surface area contributed by atoms with Gasteiger partial charge in [0.2, 0.25) is 0 Å². The summed E-state index contributed by atoms with van der Waals surface area (Å²) in [6.07, 6.45) is 7.71. The van der Waals surface area contributed by atoms with E-state index in [0.717, 1.165) is 11.0 Å². The van der Waals surface area contributed by atoms with Crippen LogP contribution in [0.2, 0.25) is 0 Å². The molecule has 2 rings (SSSR count). The molecule has 0 bridgehead atoms. The van der Waals surface area contributed by atoms with Crippen LogP contribution in [0.4, 0.5) is 8.78 Å². The maximum absolute atomic E-state index is 12.7. The second kappa shape index (κ2) is 5.78. The van der Waals surface area contributed by atoms with Crippen LogP contribution in [0.15, 0.2) is 12.4 Å². The summed E-state index contributed by atoms with van der Waals surface area (Å²) in [5, 5.41) is 0. The Bertz CT molecular complexity index is 378. The fourth-order valence-corrected chi connectivity index (χ4v) is 2.94. The van der Waals surface area contributed by atoms with Gasteiger partial charge in [-0.25, -0.2) is 4.98 Å². The Hall–Kier alpha value is -0.970. The van der Waals surface area contributed by atoms with Crippen LogP contribution in [0.3, 0.4) is 0 Å². The third kappa shape index (κ3) is 2.88. The Morgan fingerprint density at radius 1 is 1.44 bits per heavy atom. The highest BCUT2D eigenvalue weighted by molar-refractivity contribution is 4.94. The standard InChI is InChI=1S/C13H21F2N3/c1-10-5-3-4-6-11(10)17(2)9-12-16-7-8-18(12)13(14)15/h7-8,10-11,13H,3-6,9H2,1-2H3/t10-,11-/m1/s1. The minimum atomic E-state index is -2.50. The molecule has 2 atom stereocenters. The van der Waals surface area contributed by atoms with Crippen LogP contribution in [-0.4, -0.2) is 27.5 Å². The molecule has 0 saturated heterocycles. The van der Waals surface area contributed by atoms with Gasteiger partial charge in [0.1, 0.15) is 5.82 Å². The van der Waals surface area contributed by atoms with Crippen molar-refractivity contribution in [1.82, 2.24) is 14.5 Å². The molecule has 1 aromatic rings. The molecule has 1 aliphatic carbocycles. The number of nitrogens with zero attached hydrogens (tertiary/aromatic N) is 3. The summed E-state index contributed by atoms with van der Waals surface area (Å²) in [7, 11) is 2.01. The molecule has 0 N–H and O–H groups in total. The number of aromatic nitrogens is 2. The maximum Gasteiger partial charge on any atom is 0.319 e. The van der Waals surface area contributed by atoms with Gasteiger partial charge in [0.15, 0.2) is 0 Å². The first-order chi connectivity index (χ1) is 8.59. The Kier molecular flexibility index (Phi) is 4.32. The van der Waals surface area contributed by atoms with Gasteiger partial charge in [-0.1, -0.05) is 19.8 Å². The molecule has 1 aromatic heterocycles. The molecule has 0 spiro atoms. The summed E-state index contributed by atoms with van der Waals surface area (Å²) in [6.45, 7) is 0.242. The van der Waals surface area contributed by atoms with Gasteiger partial charge in [0, 0.05) is 18.4 Å². The molecule has 1 heterocycles. The molecule has 0 radical (unpaired) electrons. The zero-order valence-corrected chi connectivity index (χ0v) is 11.0. The van der Waals surface area contributed by atoms with Crippen molar-refractivity contribution >= 4 is 0 Å². The number of hydrogen-bond donors (Lipinski definition) is 0. The first kappa shape index (κ1) is 13.5. The number of alkyl halides is 2. The van der Waals surface area contributed by atoms with Crippen LogP contribution in [0.5, 0.6) is 0 Å². The molecule has 1 aliphatic rings. The van der Waals surface area contributed by atoms with Crippen LogP contribution in [0.25, 0.3) is 0 Å². The topological polar surface area (TPSA) is 21.1 Å². The zero-order chi connectivity index (χ0) is 13.1. The first-order valence-corrected chi connectivity index (χ1v) is 6.59. The second-order valence-corrected chi connectivity index (χ2v) is 5.27. The lowest BCUT2D eigenvalue weighted by Crippen LogP contribution is -2.39. The van der Waals surface area contributed by atoms with E-state index >= 15 is 0 Å². The Morgan fingerprint density at radius 2 is 2.17 bits per heavy atom. The average molecular weight is 257 g/mol. The van der Waals surface area contributed by atoms with Crippen molar-refractivity contribution in [3.63, 3.8) is 0 Å². The predicted molar refractivity (Wildman–Crippen MR) is 66.4 cm³/mol. The SMILES string of the molecule is C[C@@H]1CCCC[C@H]1N(C)Cc1nccn1C(F)F. The number of hydrogen-bond acceptors (Lipinski definition) is 2. The van der Waals surface area contributed by atoms with Gasteiger partial charge < -0.3 is 0 Å². The van der Waals surface area contributed by atoms with Gasteiger partial charge in [-0.05, 0) is 25.8 Å². The largest absolute Gasteiger partial charge is 0.319 e. The van der Waals surface area contributed by atoms with Crippen LogP contribution >= 0.6 is 0 Å². The van der Waals surface area contributed by atoms with Gasteiger partial charge in [-0.15, -0.1) is 0 Å². The third-order valence-corrected chi connectivity index (χ3v) is 3.98. The zero-order valence-electron chi connectivity index (χ0n) is 11.0. The van der Waals surface area contributed by atoms with Crippen molar-refractivity contribution < 1.29 is 8.78 Å². The predicted octanol–water partition coefficient (Wildman–Crippen LogP) is 3.29. The van der Waals surface area contributed by atoms with Crippen molar-refractivity contribution in [2.75, 3.05) is 7.05 Å². The van der Waals surface area contributed by atoms with E-state index in [1.807, 2.05) is 7.05 Å². The van der Waals surface area contributed by atoms with Gasteiger partial charge in [0.05, 0.1) is 6.54 Å². The van der Waals surface area contributed by atoms with Crippen molar-refractivity contribution in [2.24, 2.45) is 5.92 Å². The minimum Gasteiger partial charge on any atom is -0.296 e. The first-order valence-electron chi connectivity index (χ1n) is 6.59. The lowest BCUT2D eigenvalue weighted by Gasteiger charge is -2.36. The molecule has 5 heteroatoms. The summed E-state index contributed by atoms with van der Waals surface area (Å²) < 4.78 is 26.4. The van der Waals surface area contributed by atoms with Crippen LogP contribution in [-0.2, 0) is 6.54 Å². The fourth-order valence-electron chi connectivity index (χ4n) is 2.94. The smallest absolute Gasteiger partial charge is 0.296 e. The third-order valence-electron chi connectivity index (χ3n) is 3.98. The van der Waals surface area contributed by atoms with E-state index in [0.29, 0.717) is 24.3 Å². The normalized spacial score (nSPS) is 25.0. The van der Waals surface area contributed by atoms with Crippen LogP contribution in [0, 0.1) is 5.92 Å². The lowest BCUT2D eigenvalue weighted by molar-refractivity contribution is 0.0603. The molecule has 3 nitrogen and oxygen atoms in total. The highest BCUT2D eigenvalue weighted by atomic mass is 19.3. The van der Waals surface area contributed by atoms with Gasteiger partial charge >= 0.3 is 6.55 Å². The second-order valence-electron chi connectivity index (χ2n) is 5.27. The molecule has 102 valence electrons.